The summed E-state index contributed by atoms with van der Waals surface area (Å²) in [5, 5.41) is 17.5. The molecule has 2 aliphatic heterocycles. The number of benzene rings is 2. The number of para-hydroxylation sites is 1. The Hall–Kier alpha value is -2.27. The van der Waals surface area contributed by atoms with Crippen molar-refractivity contribution in [2.45, 2.75) is 76.9 Å². The van der Waals surface area contributed by atoms with E-state index in [1.807, 2.05) is 41.1 Å². The standard InChI is InChI=1S/C31H37ClN3O3.Al/c1-5-7-16-34-24-15-14-19(32)17-22(24)31(3,4)25(34)18-21-28(36)27(29(21)37)26-23(11-6-2)33-35(30(26)38)20-12-9-8-10-13-20;/h8-10,12-15,17-18,21,27-29,36,38H,5-7,11,16H2,1-4H3;/q-1;+2/p-1. The fraction of sp³-hybridized carbons (Fsp3) is 0.452. The summed E-state index contributed by atoms with van der Waals surface area (Å²) in [4.78, 5) is 2.43. The van der Waals surface area contributed by atoms with Gasteiger partial charge in [0.1, 0.15) is 0 Å². The molecule has 6 nitrogen and oxygen atoms in total. The first-order valence-electron chi connectivity index (χ1n) is 14.2. The van der Waals surface area contributed by atoms with E-state index in [9.17, 15) is 5.11 Å². The molecule has 1 fully saturated rings. The van der Waals surface area contributed by atoms with E-state index in [0.29, 0.717) is 0 Å². The Morgan fingerprint density at radius 3 is 2.67 bits per heavy atom. The SMILES string of the molecule is CCCCN1C(=CC2C(O)C3c4c(CCC)nn(-c5ccccc5)c4[O][Al][O]C23)C(C)(C)c2cc(Cl)ccc21. The van der Waals surface area contributed by atoms with Crippen molar-refractivity contribution in [3.05, 3.63) is 82.1 Å². The molecule has 0 saturated heterocycles. The van der Waals surface area contributed by atoms with E-state index in [0.717, 1.165) is 60.1 Å². The molecule has 3 aliphatic rings. The molecule has 1 saturated carbocycles. The molecule has 6 rings (SSSR count). The number of aliphatic hydroxyl groups excluding tert-OH is 1. The van der Waals surface area contributed by atoms with Gasteiger partial charge in [0.2, 0.25) is 0 Å². The first kappa shape index (κ1) is 26.9. The van der Waals surface area contributed by atoms with Gasteiger partial charge in [-0.3, -0.25) is 0 Å². The number of fused-ring (bicyclic) bond motifs is 4. The largest absolute Gasteiger partial charge is 0.775 e. The quantitative estimate of drug-likeness (QED) is 0.341. The van der Waals surface area contributed by atoms with Gasteiger partial charge in [0, 0.05) is 51.9 Å². The first-order valence-corrected chi connectivity index (χ1v) is 15.5. The molecule has 3 aromatic rings. The molecule has 203 valence electrons. The molecule has 1 aliphatic carbocycles. The summed E-state index contributed by atoms with van der Waals surface area (Å²) in [6.45, 7) is 9.82. The highest BCUT2D eigenvalue weighted by Gasteiger charge is 2.55. The number of aryl methyl sites for hydroxylation is 1. The number of nitrogens with zero attached hydrogens (tertiary/aromatic N) is 3. The molecule has 4 atom stereocenters. The molecule has 0 bridgehead atoms. The van der Waals surface area contributed by atoms with Gasteiger partial charge in [0.05, 0.1) is 17.5 Å². The summed E-state index contributed by atoms with van der Waals surface area (Å²) in [5.41, 5.74) is 6.39. The van der Waals surface area contributed by atoms with Crippen LogP contribution in [-0.2, 0) is 15.6 Å². The van der Waals surface area contributed by atoms with Crippen LogP contribution in [-0.4, -0.2) is 49.5 Å². The number of rotatable bonds is 7. The van der Waals surface area contributed by atoms with Crippen LogP contribution in [0.5, 0.6) is 5.88 Å². The first-order chi connectivity index (χ1) is 18.9. The zero-order valence-electron chi connectivity index (χ0n) is 23.1. The van der Waals surface area contributed by atoms with Crippen molar-refractivity contribution in [2.75, 3.05) is 11.4 Å². The van der Waals surface area contributed by atoms with Crippen molar-refractivity contribution in [3.8, 4) is 11.6 Å². The molecule has 0 spiro atoms. The number of anilines is 1. The van der Waals surface area contributed by atoms with Gasteiger partial charge in [-0.05, 0) is 48.7 Å². The Kier molecular flexibility index (Phi) is 7.33. The molecule has 39 heavy (non-hydrogen) atoms. The van der Waals surface area contributed by atoms with Crippen LogP contribution < -0.4 is 8.69 Å². The fourth-order valence-electron chi connectivity index (χ4n) is 6.52. The maximum absolute atomic E-state index is 11.8. The van der Waals surface area contributed by atoms with Crippen molar-refractivity contribution in [1.82, 2.24) is 9.78 Å². The number of halogens is 1. The highest BCUT2D eigenvalue weighted by Crippen LogP contribution is 2.54. The summed E-state index contributed by atoms with van der Waals surface area (Å²) in [5.74, 6) is 0.432. The third-order valence-electron chi connectivity index (χ3n) is 8.58. The van der Waals surface area contributed by atoms with Gasteiger partial charge in [0.15, 0.2) is 5.88 Å². The fourth-order valence-corrected chi connectivity index (χ4v) is 7.55. The molecule has 1 radical (unpaired) electrons. The predicted octanol–water partition coefficient (Wildman–Crippen LogP) is 6.35. The zero-order chi connectivity index (χ0) is 27.3. The number of aromatic nitrogens is 2. The van der Waals surface area contributed by atoms with Crippen molar-refractivity contribution < 1.29 is 12.7 Å². The second kappa shape index (κ2) is 10.6. The molecule has 2 aromatic carbocycles. The summed E-state index contributed by atoms with van der Waals surface area (Å²) < 4.78 is 14.6. The van der Waals surface area contributed by atoms with Gasteiger partial charge in [-0.15, -0.1) is 0 Å². The van der Waals surface area contributed by atoms with Crippen LogP contribution in [0.2, 0.25) is 5.02 Å². The average Bonchev–Trinajstić information content (AvgIpc) is 3.29. The highest BCUT2D eigenvalue weighted by molar-refractivity contribution is 6.30. The lowest BCUT2D eigenvalue weighted by atomic mass is 9.64. The summed E-state index contributed by atoms with van der Waals surface area (Å²) in [6, 6.07) is 16.3. The van der Waals surface area contributed by atoms with Crippen molar-refractivity contribution in [3.63, 3.8) is 0 Å². The minimum atomic E-state index is -0.740. The van der Waals surface area contributed by atoms with E-state index in [1.165, 1.54) is 16.9 Å². The summed E-state index contributed by atoms with van der Waals surface area (Å²) in [6.07, 6.45) is 5.55. The van der Waals surface area contributed by atoms with E-state index in [4.69, 9.17) is 24.3 Å². The van der Waals surface area contributed by atoms with Crippen LogP contribution in [0, 0.1) is 5.92 Å². The second-order valence-corrected chi connectivity index (χ2v) is 12.6. The zero-order valence-corrected chi connectivity index (χ0v) is 25.0. The Morgan fingerprint density at radius 2 is 1.92 bits per heavy atom. The molecule has 1 N–H and O–H groups in total. The lowest BCUT2D eigenvalue weighted by Gasteiger charge is -2.48. The van der Waals surface area contributed by atoms with E-state index < -0.39 is 22.0 Å². The molecular weight excluding hydrogens is 525 g/mol. The highest BCUT2D eigenvalue weighted by atomic mass is 35.5. The molecule has 1 aromatic heterocycles. The smallest absolute Gasteiger partial charge is 0.612 e. The lowest BCUT2D eigenvalue weighted by molar-refractivity contribution is -0.0813. The van der Waals surface area contributed by atoms with Gasteiger partial charge >= 0.3 is 15.9 Å². The monoisotopic (exact) mass is 560 g/mol. The summed E-state index contributed by atoms with van der Waals surface area (Å²) in [7, 11) is 0. The van der Waals surface area contributed by atoms with Gasteiger partial charge in [-0.1, -0.05) is 76.4 Å². The van der Waals surface area contributed by atoms with E-state index in [1.54, 1.807) is 0 Å². The van der Waals surface area contributed by atoms with Crippen molar-refractivity contribution in [1.29, 1.82) is 0 Å². The number of aliphatic hydroxyl groups is 1. The lowest BCUT2D eigenvalue weighted by Crippen LogP contribution is -2.54. The average molecular weight is 561 g/mol. The maximum atomic E-state index is 11.8. The molecule has 3 heterocycles. The van der Waals surface area contributed by atoms with Crippen LogP contribution in [0.1, 0.15) is 69.7 Å². The Morgan fingerprint density at radius 1 is 1.13 bits per heavy atom. The molecule has 8 heteroatoms. The topological polar surface area (TPSA) is 59.8 Å². The van der Waals surface area contributed by atoms with Crippen LogP contribution in [0.3, 0.4) is 0 Å². The molecular formula is C31H36AlClN3O3. The van der Waals surface area contributed by atoms with Crippen LogP contribution >= 0.6 is 11.6 Å². The number of hydrogen-bond acceptors (Lipinski definition) is 5. The van der Waals surface area contributed by atoms with E-state index in [-0.39, 0.29) is 23.4 Å². The minimum Gasteiger partial charge on any atom is -0.612 e. The second-order valence-electron chi connectivity index (χ2n) is 11.4. The molecule has 0 amide bonds. The van der Waals surface area contributed by atoms with Crippen molar-refractivity contribution in [2.24, 2.45) is 5.92 Å². The van der Waals surface area contributed by atoms with Gasteiger partial charge in [-0.2, -0.15) is 5.10 Å². The number of hydrogen-bond donors (Lipinski definition) is 1. The number of allylic oxidation sites excluding steroid dienone is 1. The van der Waals surface area contributed by atoms with E-state index in [2.05, 4.69) is 50.8 Å². The Bertz CT molecular complexity index is 1390. The minimum absolute atomic E-state index is 0.130. The maximum Gasteiger partial charge on any atom is 0.775 e. The van der Waals surface area contributed by atoms with Crippen molar-refractivity contribution >= 4 is 33.2 Å². The normalized spacial score (nSPS) is 25.7. The predicted molar refractivity (Wildman–Crippen MR) is 156 cm³/mol. The van der Waals surface area contributed by atoms with Crippen LogP contribution in [0.15, 0.2) is 60.3 Å². The third-order valence-corrected chi connectivity index (χ3v) is 9.56. The summed E-state index contributed by atoms with van der Waals surface area (Å²) >= 11 is 5.70. The molecule has 4 unspecified atom stereocenters. The van der Waals surface area contributed by atoms with Gasteiger partial charge in [0.25, 0.3) is 0 Å². The van der Waals surface area contributed by atoms with Gasteiger partial charge in [-0.25, -0.2) is 4.68 Å². The third kappa shape index (κ3) is 4.44. The Labute approximate surface area is 242 Å². The van der Waals surface area contributed by atoms with E-state index >= 15 is 0 Å². The number of unbranched alkanes of at least 4 members (excludes halogenated alkanes) is 1. The van der Waals surface area contributed by atoms with Gasteiger partial charge < -0.3 is 17.6 Å². The Balaban J connectivity index is 1.39. The van der Waals surface area contributed by atoms with Crippen LogP contribution in [0.25, 0.3) is 5.69 Å². The van der Waals surface area contributed by atoms with Crippen LogP contribution in [0.4, 0.5) is 5.69 Å².